The number of hydrogen-bond acceptors (Lipinski definition) is 4. The number of aromatic nitrogens is 1. The van der Waals surface area contributed by atoms with Gasteiger partial charge >= 0.3 is 0 Å². The molecule has 1 aliphatic carbocycles. The van der Waals surface area contributed by atoms with Crippen LogP contribution in [0.2, 0.25) is 0 Å². The topological polar surface area (TPSA) is 60.2 Å². The Kier molecular flexibility index (Phi) is 3.37. The van der Waals surface area contributed by atoms with E-state index in [1.54, 1.807) is 0 Å². The number of nitrogen functional groups attached to an aromatic ring is 1. The van der Waals surface area contributed by atoms with Gasteiger partial charge in [0.25, 0.3) is 0 Å². The number of anilines is 2. The van der Waals surface area contributed by atoms with E-state index in [1.807, 2.05) is 32.9 Å². The highest BCUT2D eigenvalue weighted by molar-refractivity contribution is 5.54. The predicted molar refractivity (Wildman–Crippen MR) is 74.8 cm³/mol. The fourth-order valence-electron chi connectivity index (χ4n) is 2.13. The number of nitrogens with two attached hydrogens (primary N) is 1. The second-order valence-corrected chi connectivity index (χ2v) is 6.22. The van der Waals surface area contributed by atoms with Crippen LogP contribution in [0, 0.1) is 5.92 Å². The first-order valence-corrected chi connectivity index (χ1v) is 6.55. The van der Waals surface area contributed by atoms with E-state index >= 15 is 0 Å². The summed E-state index contributed by atoms with van der Waals surface area (Å²) < 4.78 is 5.75. The molecule has 0 aliphatic heterocycles. The Labute approximate surface area is 109 Å². The summed E-state index contributed by atoms with van der Waals surface area (Å²) >= 11 is 0. The highest BCUT2D eigenvalue weighted by Gasteiger charge is 2.25. The summed E-state index contributed by atoms with van der Waals surface area (Å²) in [5, 5.41) is 3.42. The van der Waals surface area contributed by atoms with Gasteiger partial charge in [-0.05, 0) is 51.7 Å². The highest BCUT2D eigenvalue weighted by atomic mass is 16.5. The molecule has 0 saturated heterocycles. The standard InChI is InChI=1S/C14H23N3O/c1-9-7-10(8-9)16-12-6-5-11(15)13(17-12)18-14(2,3)4/h5-6,9-10H,7-8,15H2,1-4H3,(H,16,17). The van der Waals surface area contributed by atoms with Crippen LogP contribution in [0.4, 0.5) is 11.5 Å². The SMILES string of the molecule is CC1CC(Nc2ccc(N)c(OC(C)(C)C)n2)C1. The first-order chi connectivity index (χ1) is 8.33. The van der Waals surface area contributed by atoms with Crippen LogP contribution in [0.5, 0.6) is 5.88 Å². The first kappa shape index (κ1) is 13.0. The summed E-state index contributed by atoms with van der Waals surface area (Å²) in [5.74, 6) is 2.18. The molecule has 1 saturated carbocycles. The molecule has 0 unspecified atom stereocenters. The van der Waals surface area contributed by atoms with E-state index < -0.39 is 0 Å². The Morgan fingerprint density at radius 1 is 1.33 bits per heavy atom. The van der Waals surface area contributed by atoms with Crippen molar-refractivity contribution in [2.75, 3.05) is 11.1 Å². The van der Waals surface area contributed by atoms with Gasteiger partial charge in [-0.15, -0.1) is 0 Å². The molecule has 4 heteroatoms. The highest BCUT2D eigenvalue weighted by Crippen LogP contribution is 2.30. The predicted octanol–water partition coefficient (Wildman–Crippen LogP) is 3.05. The van der Waals surface area contributed by atoms with E-state index in [1.165, 1.54) is 12.8 Å². The Morgan fingerprint density at radius 3 is 2.56 bits per heavy atom. The summed E-state index contributed by atoms with van der Waals surface area (Å²) in [7, 11) is 0. The first-order valence-electron chi connectivity index (χ1n) is 6.55. The Balaban J connectivity index is 2.06. The van der Waals surface area contributed by atoms with Gasteiger partial charge in [-0.25, -0.2) is 0 Å². The van der Waals surface area contributed by atoms with Crippen molar-refractivity contribution in [1.82, 2.24) is 4.98 Å². The van der Waals surface area contributed by atoms with Crippen molar-refractivity contribution in [2.45, 2.75) is 52.2 Å². The van der Waals surface area contributed by atoms with Crippen LogP contribution >= 0.6 is 0 Å². The average molecular weight is 249 g/mol. The van der Waals surface area contributed by atoms with Crippen molar-refractivity contribution >= 4 is 11.5 Å². The molecule has 1 aromatic rings. The van der Waals surface area contributed by atoms with Crippen molar-refractivity contribution in [2.24, 2.45) is 5.92 Å². The zero-order valence-electron chi connectivity index (χ0n) is 11.7. The largest absolute Gasteiger partial charge is 0.470 e. The Morgan fingerprint density at radius 2 is 2.00 bits per heavy atom. The van der Waals surface area contributed by atoms with Crippen LogP contribution in [-0.4, -0.2) is 16.6 Å². The van der Waals surface area contributed by atoms with Crippen LogP contribution in [0.1, 0.15) is 40.5 Å². The van der Waals surface area contributed by atoms with Gasteiger partial charge in [0, 0.05) is 6.04 Å². The molecular formula is C14H23N3O. The van der Waals surface area contributed by atoms with Crippen LogP contribution in [-0.2, 0) is 0 Å². The van der Waals surface area contributed by atoms with Gasteiger partial charge in [0.1, 0.15) is 11.4 Å². The van der Waals surface area contributed by atoms with E-state index in [-0.39, 0.29) is 5.60 Å². The van der Waals surface area contributed by atoms with Crippen LogP contribution in [0.3, 0.4) is 0 Å². The normalized spacial score (nSPS) is 23.3. The van der Waals surface area contributed by atoms with Crippen LogP contribution in [0.15, 0.2) is 12.1 Å². The second kappa shape index (κ2) is 4.67. The summed E-state index contributed by atoms with van der Waals surface area (Å²) in [6.45, 7) is 8.23. The molecule has 0 atom stereocenters. The maximum Gasteiger partial charge on any atom is 0.239 e. The lowest BCUT2D eigenvalue weighted by molar-refractivity contribution is 0.125. The van der Waals surface area contributed by atoms with Crippen molar-refractivity contribution in [3.63, 3.8) is 0 Å². The van der Waals surface area contributed by atoms with Gasteiger partial charge < -0.3 is 15.8 Å². The molecule has 4 nitrogen and oxygen atoms in total. The zero-order valence-corrected chi connectivity index (χ0v) is 11.7. The Bertz CT molecular complexity index is 420. The second-order valence-electron chi connectivity index (χ2n) is 6.22. The van der Waals surface area contributed by atoms with Crippen molar-refractivity contribution < 1.29 is 4.74 Å². The molecule has 0 spiro atoms. The summed E-state index contributed by atoms with van der Waals surface area (Å²) in [4.78, 5) is 4.45. The van der Waals surface area contributed by atoms with Crippen molar-refractivity contribution in [1.29, 1.82) is 0 Å². The monoisotopic (exact) mass is 249 g/mol. The molecular weight excluding hydrogens is 226 g/mol. The van der Waals surface area contributed by atoms with Crippen LogP contribution < -0.4 is 15.8 Å². The van der Waals surface area contributed by atoms with E-state index in [0.29, 0.717) is 17.6 Å². The average Bonchev–Trinajstić information content (AvgIpc) is 2.18. The fraction of sp³-hybridized carbons (Fsp3) is 0.643. The summed E-state index contributed by atoms with van der Waals surface area (Å²) in [6, 6.07) is 4.30. The van der Waals surface area contributed by atoms with E-state index in [4.69, 9.17) is 10.5 Å². The number of nitrogens with zero attached hydrogens (tertiary/aromatic N) is 1. The lowest BCUT2D eigenvalue weighted by Gasteiger charge is -2.33. The molecule has 1 aliphatic rings. The third-order valence-corrected chi connectivity index (χ3v) is 3.02. The molecule has 1 aromatic heterocycles. The third-order valence-electron chi connectivity index (χ3n) is 3.02. The molecule has 0 radical (unpaired) electrons. The van der Waals surface area contributed by atoms with Gasteiger partial charge in [-0.2, -0.15) is 4.98 Å². The number of hydrogen-bond donors (Lipinski definition) is 2. The van der Waals surface area contributed by atoms with E-state index in [0.717, 1.165) is 11.7 Å². The summed E-state index contributed by atoms with van der Waals surface area (Å²) in [5.41, 5.74) is 6.17. The van der Waals surface area contributed by atoms with Crippen molar-refractivity contribution in [3.8, 4) is 5.88 Å². The quantitative estimate of drug-likeness (QED) is 0.864. The minimum atomic E-state index is -0.287. The van der Waals surface area contributed by atoms with Crippen LogP contribution in [0.25, 0.3) is 0 Å². The minimum absolute atomic E-state index is 0.287. The van der Waals surface area contributed by atoms with Crippen molar-refractivity contribution in [3.05, 3.63) is 12.1 Å². The molecule has 1 heterocycles. The molecule has 0 aromatic carbocycles. The number of nitrogens with one attached hydrogen (secondary N) is 1. The fourth-order valence-corrected chi connectivity index (χ4v) is 2.13. The van der Waals surface area contributed by atoms with Gasteiger partial charge in [0.2, 0.25) is 5.88 Å². The number of ether oxygens (including phenoxy) is 1. The molecule has 1 fully saturated rings. The van der Waals surface area contributed by atoms with E-state index in [9.17, 15) is 0 Å². The maximum atomic E-state index is 5.88. The van der Waals surface area contributed by atoms with Gasteiger partial charge in [0.15, 0.2) is 0 Å². The number of pyridine rings is 1. The molecule has 0 amide bonds. The van der Waals surface area contributed by atoms with Gasteiger partial charge in [-0.1, -0.05) is 6.92 Å². The minimum Gasteiger partial charge on any atom is -0.470 e. The van der Waals surface area contributed by atoms with Gasteiger partial charge in [-0.3, -0.25) is 0 Å². The molecule has 100 valence electrons. The molecule has 3 N–H and O–H groups in total. The zero-order chi connectivity index (χ0) is 13.3. The molecule has 0 bridgehead atoms. The van der Waals surface area contributed by atoms with Gasteiger partial charge in [0.05, 0.1) is 5.69 Å². The number of rotatable bonds is 3. The third kappa shape index (κ3) is 3.28. The maximum absolute atomic E-state index is 5.88. The Hall–Kier alpha value is -1.45. The summed E-state index contributed by atoms with van der Waals surface area (Å²) in [6.07, 6.45) is 2.42. The smallest absolute Gasteiger partial charge is 0.239 e. The lowest BCUT2D eigenvalue weighted by atomic mass is 9.82. The molecule has 2 rings (SSSR count). The molecule has 18 heavy (non-hydrogen) atoms. The van der Waals surface area contributed by atoms with E-state index in [2.05, 4.69) is 17.2 Å². The lowest BCUT2D eigenvalue weighted by Crippen LogP contribution is -2.34.